The summed E-state index contributed by atoms with van der Waals surface area (Å²) in [5, 5.41) is 0. The van der Waals surface area contributed by atoms with Crippen LogP contribution >= 0.6 is 0 Å². The van der Waals surface area contributed by atoms with Crippen molar-refractivity contribution in [2.45, 2.75) is 77.4 Å². The number of rotatable bonds is 6. The van der Waals surface area contributed by atoms with Crippen LogP contribution in [0, 0.1) is 5.92 Å². The van der Waals surface area contributed by atoms with Crippen molar-refractivity contribution in [2.75, 3.05) is 26.3 Å². The monoisotopic (exact) mass is 403 g/mol. The van der Waals surface area contributed by atoms with Crippen molar-refractivity contribution in [3.8, 4) is 5.75 Å². The zero-order chi connectivity index (χ0) is 20.7. The Bertz CT molecular complexity index is 649. The quantitative estimate of drug-likeness (QED) is 0.654. The molecule has 1 saturated heterocycles. The molecule has 0 spiro atoms. The summed E-state index contributed by atoms with van der Waals surface area (Å²) < 4.78 is 17.5. The summed E-state index contributed by atoms with van der Waals surface area (Å²) in [6.07, 6.45) is 8.81. The summed E-state index contributed by atoms with van der Waals surface area (Å²) in [6, 6.07) is 8.33. The lowest BCUT2D eigenvalue weighted by atomic mass is 9.85. The second-order valence-corrected chi connectivity index (χ2v) is 9.38. The van der Waals surface area contributed by atoms with E-state index in [4.69, 9.17) is 14.2 Å². The van der Waals surface area contributed by atoms with Crippen LogP contribution in [-0.4, -0.2) is 49.0 Å². The Balaban J connectivity index is 1.49. The van der Waals surface area contributed by atoms with Crippen molar-refractivity contribution in [1.82, 2.24) is 4.90 Å². The molecular weight excluding hydrogens is 366 g/mol. The molecule has 3 rings (SSSR count). The number of para-hydroxylation sites is 1. The number of carbonyl (C=O) groups is 1. The second kappa shape index (κ2) is 10.3. The SMILES string of the molecule is CC(C)(C)OC(=O)N1CCOC(COc2ccccc2CCC2CCCCC2)C1. The molecule has 162 valence electrons. The Labute approximate surface area is 175 Å². The van der Waals surface area contributed by atoms with Crippen LogP contribution in [0.5, 0.6) is 5.75 Å². The van der Waals surface area contributed by atoms with Crippen LogP contribution in [0.25, 0.3) is 0 Å². The lowest BCUT2D eigenvalue weighted by Gasteiger charge is -2.34. The molecule has 1 heterocycles. The molecule has 1 atom stereocenters. The van der Waals surface area contributed by atoms with Gasteiger partial charge in [0.15, 0.2) is 0 Å². The molecule has 0 radical (unpaired) electrons. The topological polar surface area (TPSA) is 48.0 Å². The predicted molar refractivity (Wildman–Crippen MR) is 114 cm³/mol. The van der Waals surface area contributed by atoms with Gasteiger partial charge in [-0.25, -0.2) is 4.79 Å². The van der Waals surface area contributed by atoms with Gasteiger partial charge in [-0.15, -0.1) is 0 Å². The first-order valence-electron chi connectivity index (χ1n) is 11.2. The Kier molecular flexibility index (Phi) is 7.82. The van der Waals surface area contributed by atoms with Gasteiger partial charge < -0.3 is 19.1 Å². The van der Waals surface area contributed by atoms with Crippen molar-refractivity contribution in [3.05, 3.63) is 29.8 Å². The van der Waals surface area contributed by atoms with Crippen molar-refractivity contribution in [1.29, 1.82) is 0 Å². The van der Waals surface area contributed by atoms with E-state index in [0.717, 1.165) is 18.1 Å². The van der Waals surface area contributed by atoms with Gasteiger partial charge in [-0.3, -0.25) is 0 Å². The van der Waals surface area contributed by atoms with Crippen LogP contribution in [0.1, 0.15) is 64.9 Å². The highest BCUT2D eigenvalue weighted by Crippen LogP contribution is 2.29. The first-order valence-corrected chi connectivity index (χ1v) is 11.2. The maximum absolute atomic E-state index is 12.3. The number of aryl methyl sites for hydroxylation is 1. The van der Waals surface area contributed by atoms with Crippen LogP contribution in [0.4, 0.5) is 4.79 Å². The van der Waals surface area contributed by atoms with E-state index in [-0.39, 0.29) is 12.2 Å². The summed E-state index contributed by atoms with van der Waals surface area (Å²) in [5.41, 5.74) is 0.788. The molecule has 1 amide bonds. The smallest absolute Gasteiger partial charge is 0.410 e. The number of nitrogens with zero attached hydrogens (tertiary/aromatic N) is 1. The van der Waals surface area contributed by atoms with E-state index in [2.05, 4.69) is 12.1 Å². The first kappa shape index (κ1) is 21.9. The first-order chi connectivity index (χ1) is 13.9. The maximum atomic E-state index is 12.3. The average Bonchev–Trinajstić information content (AvgIpc) is 2.71. The molecule has 2 fully saturated rings. The molecule has 29 heavy (non-hydrogen) atoms. The zero-order valence-electron chi connectivity index (χ0n) is 18.3. The third-order valence-corrected chi connectivity index (χ3v) is 5.73. The molecule has 1 aromatic carbocycles. The minimum Gasteiger partial charge on any atom is -0.491 e. The number of amides is 1. The lowest BCUT2D eigenvalue weighted by molar-refractivity contribution is -0.0558. The van der Waals surface area contributed by atoms with E-state index in [0.29, 0.717) is 26.3 Å². The van der Waals surface area contributed by atoms with E-state index in [9.17, 15) is 4.79 Å². The fourth-order valence-corrected chi connectivity index (χ4v) is 4.18. The number of benzene rings is 1. The number of ether oxygens (including phenoxy) is 3. The molecule has 0 bridgehead atoms. The fraction of sp³-hybridized carbons (Fsp3) is 0.708. The van der Waals surface area contributed by atoms with Gasteiger partial charge in [-0.2, -0.15) is 0 Å². The number of morpholine rings is 1. The fourth-order valence-electron chi connectivity index (χ4n) is 4.18. The van der Waals surface area contributed by atoms with Crippen molar-refractivity contribution >= 4 is 6.09 Å². The highest BCUT2D eigenvalue weighted by Gasteiger charge is 2.28. The Morgan fingerprint density at radius 1 is 1.17 bits per heavy atom. The van der Waals surface area contributed by atoms with Crippen LogP contribution in [0.3, 0.4) is 0 Å². The molecule has 1 aliphatic heterocycles. The molecule has 2 aliphatic rings. The van der Waals surface area contributed by atoms with Gasteiger partial charge in [0.1, 0.15) is 24.1 Å². The van der Waals surface area contributed by atoms with Crippen LogP contribution in [-0.2, 0) is 15.9 Å². The van der Waals surface area contributed by atoms with Gasteiger partial charge in [0.05, 0.1) is 13.2 Å². The largest absolute Gasteiger partial charge is 0.491 e. The molecule has 0 N–H and O–H groups in total. The van der Waals surface area contributed by atoms with Crippen molar-refractivity contribution < 1.29 is 19.0 Å². The van der Waals surface area contributed by atoms with Gasteiger partial charge in [-0.05, 0) is 51.2 Å². The van der Waals surface area contributed by atoms with E-state index in [1.54, 1.807) is 4.90 Å². The molecule has 1 saturated carbocycles. The number of carbonyl (C=O) groups excluding carboxylic acids is 1. The van der Waals surface area contributed by atoms with E-state index < -0.39 is 5.60 Å². The van der Waals surface area contributed by atoms with Crippen LogP contribution < -0.4 is 4.74 Å². The van der Waals surface area contributed by atoms with E-state index in [1.165, 1.54) is 44.1 Å². The third-order valence-electron chi connectivity index (χ3n) is 5.73. The normalized spacial score (nSPS) is 21.1. The standard InChI is InChI=1S/C24H37NO4/c1-24(2,3)29-23(26)25-15-16-27-21(17-25)18-28-22-12-8-7-11-20(22)14-13-19-9-5-4-6-10-19/h7-8,11-12,19,21H,4-6,9-10,13-18H2,1-3H3. The van der Waals surface area contributed by atoms with Gasteiger partial charge in [-0.1, -0.05) is 50.3 Å². The zero-order valence-corrected chi connectivity index (χ0v) is 18.3. The molecule has 5 heteroatoms. The van der Waals surface area contributed by atoms with Crippen molar-refractivity contribution in [3.63, 3.8) is 0 Å². The predicted octanol–water partition coefficient (Wildman–Crippen LogP) is 5.21. The van der Waals surface area contributed by atoms with Crippen LogP contribution in [0.15, 0.2) is 24.3 Å². The van der Waals surface area contributed by atoms with Gasteiger partial charge in [0, 0.05) is 6.54 Å². The molecular formula is C24H37NO4. The minimum absolute atomic E-state index is 0.136. The van der Waals surface area contributed by atoms with Crippen LogP contribution in [0.2, 0.25) is 0 Å². The molecule has 0 aromatic heterocycles. The Morgan fingerprint density at radius 3 is 2.69 bits per heavy atom. The Hall–Kier alpha value is -1.75. The highest BCUT2D eigenvalue weighted by atomic mass is 16.6. The molecule has 1 aliphatic carbocycles. The van der Waals surface area contributed by atoms with E-state index in [1.807, 2.05) is 32.9 Å². The summed E-state index contributed by atoms with van der Waals surface area (Å²) in [5.74, 6) is 1.81. The van der Waals surface area contributed by atoms with Gasteiger partial charge >= 0.3 is 6.09 Å². The highest BCUT2D eigenvalue weighted by molar-refractivity contribution is 5.68. The summed E-state index contributed by atoms with van der Waals surface area (Å²) in [6.45, 7) is 7.67. The van der Waals surface area contributed by atoms with E-state index >= 15 is 0 Å². The lowest BCUT2D eigenvalue weighted by Crippen LogP contribution is -2.49. The maximum Gasteiger partial charge on any atom is 0.410 e. The average molecular weight is 404 g/mol. The van der Waals surface area contributed by atoms with Crippen molar-refractivity contribution in [2.24, 2.45) is 5.92 Å². The number of hydrogen-bond donors (Lipinski definition) is 0. The second-order valence-electron chi connectivity index (χ2n) is 9.38. The summed E-state index contributed by atoms with van der Waals surface area (Å²) in [7, 11) is 0. The molecule has 1 aromatic rings. The number of hydrogen-bond acceptors (Lipinski definition) is 4. The molecule has 1 unspecified atom stereocenters. The summed E-state index contributed by atoms with van der Waals surface area (Å²) in [4.78, 5) is 14.1. The van der Waals surface area contributed by atoms with Gasteiger partial charge in [0.25, 0.3) is 0 Å². The third kappa shape index (κ3) is 7.22. The van der Waals surface area contributed by atoms with Gasteiger partial charge in [0.2, 0.25) is 0 Å². The minimum atomic E-state index is -0.487. The summed E-state index contributed by atoms with van der Waals surface area (Å²) >= 11 is 0. The Morgan fingerprint density at radius 2 is 1.93 bits per heavy atom. The molecule has 5 nitrogen and oxygen atoms in total.